The number of carbonyl (C=O) groups is 1. The van der Waals surface area contributed by atoms with Gasteiger partial charge in [0.25, 0.3) is 0 Å². The molecule has 4 aromatic rings. The van der Waals surface area contributed by atoms with Gasteiger partial charge < -0.3 is 5.32 Å². The first-order valence-electron chi connectivity index (χ1n) is 8.13. The lowest BCUT2D eigenvalue weighted by Crippen LogP contribution is -2.08. The highest BCUT2D eigenvalue weighted by atomic mass is 16.1. The van der Waals surface area contributed by atoms with Crippen molar-refractivity contribution in [1.82, 2.24) is 9.38 Å². The van der Waals surface area contributed by atoms with E-state index in [1.165, 1.54) is 0 Å². The normalized spacial score (nSPS) is 10.8. The van der Waals surface area contributed by atoms with Crippen molar-refractivity contribution in [2.45, 2.75) is 6.92 Å². The zero-order valence-corrected chi connectivity index (χ0v) is 13.8. The number of aromatic nitrogens is 2. The van der Waals surface area contributed by atoms with Crippen molar-refractivity contribution < 1.29 is 4.79 Å². The van der Waals surface area contributed by atoms with Gasteiger partial charge >= 0.3 is 0 Å². The zero-order valence-electron chi connectivity index (χ0n) is 13.8. The average molecular weight is 327 g/mol. The van der Waals surface area contributed by atoms with Crippen molar-refractivity contribution in [3.63, 3.8) is 0 Å². The SMILES string of the molecule is Cc1ccc(C(=O)c2c(Nc3ccccc3)nc3ccccn23)cc1. The van der Waals surface area contributed by atoms with Gasteiger partial charge in [0.1, 0.15) is 11.3 Å². The van der Waals surface area contributed by atoms with Gasteiger partial charge in [0.05, 0.1) is 0 Å². The van der Waals surface area contributed by atoms with Crippen molar-refractivity contribution in [2.75, 3.05) is 5.32 Å². The van der Waals surface area contributed by atoms with Crippen LogP contribution in [0.4, 0.5) is 11.5 Å². The second kappa shape index (κ2) is 6.24. The molecular weight excluding hydrogens is 310 g/mol. The third-order valence-corrected chi connectivity index (χ3v) is 4.10. The molecule has 0 amide bonds. The molecule has 2 heterocycles. The van der Waals surface area contributed by atoms with Crippen LogP contribution in [0.15, 0.2) is 79.0 Å². The topological polar surface area (TPSA) is 46.4 Å². The Bertz CT molecular complexity index is 1030. The monoisotopic (exact) mass is 327 g/mol. The van der Waals surface area contributed by atoms with E-state index >= 15 is 0 Å². The van der Waals surface area contributed by atoms with Gasteiger partial charge in [-0.3, -0.25) is 9.20 Å². The number of ketones is 1. The molecule has 0 aliphatic rings. The Kier molecular flexibility index (Phi) is 3.78. The van der Waals surface area contributed by atoms with Crippen LogP contribution in [0.5, 0.6) is 0 Å². The highest BCUT2D eigenvalue weighted by Crippen LogP contribution is 2.24. The largest absolute Gasteiger partial charge is 0.338 e. The number of hydrogen-bond donors (Lipinski definition) is 1. The number of nitrogens with zero attached hydrogens (tertiary/aromatic N) is 2. The van der Waals surface area contributed by atoms with Gasteiger partial charge in [-0.05, 0) is 31.2 Å². The molecule has 0 saturated carbocycles. The molecule has 4 nitrogen and oxygen atoms in total. The fraction of sp³-hybridized carbons (Fsp3) is 0.0476. The van der Waals surface area contributed by atoms with Crippen molar-refractivity contribution in [1.29, 1.82) is 0 Å². The molecule has 0 spiro atoms. The molecular formula is C21H17N3O. The Balaban J connectivity index is 1.84. The summed E-state index contributed by atoms with van der Waals surface area (Å²) < 4.78 is 1.83. The molecule has 0 aliphatic carbocycles. The summed E-state index contributed by atoms with van der Waals surface area (Å²) in [6.07, 6.45) is 1.86. The Morgan fingerprint density at radius 1 is 0.920 bits per heavy atom. The first-order chi connectivity index (χ1) is 12.2. The molecule has 2 aromatic heterocycles. The van der Waals surface area contributed by atoms with E-state index in [9.17, 15) is 4.79 Å². The van der Waals surface area contributed by atoms with Gasteiger partial charge in [-0.25, -0.2) is 4.98 Å². The summed E-state index contributed by atoms with van der Waals surface area (Å²) in [7, 11) is 0. The van der Waals surface area contributed by atoms with Crippen molar-refractivity contribution in [3.8, 4) is 0 Å². The van der Waals surface area contributed by atoms with Crippen molar-refractivity contribution >= 4 is 22.9 Å². The van der Waals surface area contributed by atoms with Gasteiger partial charge in [-0.1, -0.05) is 54.1 Å². The van der Waals surface area contributed by atoms with E-state index in [-0.39, 0.29) is 5.78 Å². The van der Waals surface area contributed by atoms with E-state index in [0.717, 1.165) is 16.9 Å². The average Bonchev–Trinajstić information content (AvgIpc) is 3.00. The van der Waals surface area contributed by atoms with Crippen LogP contribution >= 0.6 is 0 Å². The quantitative estimate of drug-likeness (QED) is 0.556. The van der Waals surface area contributed by atoms with Crippen LogP contribution in [-0.4, -0.2) is 15.2 Å². The van der Waals surface area contributed by atoms with Crippen LogP contribution in [0.25, 0.3) is 5.65 Å². The molecule has 2 aromatic carbocycles. The van der Waals surface area contributed by atoms with Gasteiger partial charge in [-0.2, -0.15) is 0 Å². The number of aryl methyl sites for hydroxylation is 1. The Labute approximate surface area is 145 Å². The third-order valence-electron chi connectivity index (χ3n) is 4.10. The van der Waals surface area contributed by atoms with E-state index < -0.39 is 0 Å². The van der Waals surface area contributed by atoms with E-state index in [0.29, 0.717) is 17.1 Å². The number of carbonyl (C=O) groups excluding carboxylic acids is 1. The molecule has 0 bridgehead atoms. The molecule has 122 valence electrons. The molecule has 4 heteroatoms. The van der Waals surface area contributed by atoms with Crippen molar-refractivity contribution in [2.24, 2.45) is 0 Å². The predicted octanol–water partition coefficient (Wildman–Crippen LogP) is 4.62. The van der Waals surface area contributed by atoms with E-state index in [4.69, 9.17) is 0 Å². The number of para-hydroxylation sites is 1. The Hall–Kier alpha value is -3.40. The van der Waals surface area contributed by atoms with Crippen LogP contribution in [0.1, 0.15) is 21.6 Å². The third kappa shape index (κ3) is 2.90. The van der Waals surface area contributed by atoms with Crippen LogP contribution in [-0.2, 0) is 0 Å². The number of nitrogens with one attached hydrogen (secondary N) is 1. The summed E-state index contributed by atoms with van der Waals surface area (Å²) in [5, 5.41) is 3.27. The molecule has 0 unspecified atom stereocenters. The molecule has 4 rings (SSSR count). The summed E-state index contributed by atoms with van der Waals surface area (Å²) in [6.45, 7) is 2.00. The van der Waals surface area contributed by atoms with Gasteiger partial charge in [-0.15, -0.1) is 0 Å². The van der Waals surface area contributed by atoms with Crippen molar-refractivity contribution in [3.05, 3.63) is 95.8 Å². The summed E-state index contributed by atoms with van der Waals surface area (Å²) in [4.78, 5) is 17.7. The molecule has 25 heavy (non-hydrogen) atoms. The predicted molar refractivity (Wildman–Crippen MR) is 99.5 cm³/mol. The second-order valence-electron chi connectivity index (χ2n) is 5.92. The minimum atomic E-state index is -0.0582. The Morgan fingerprint density at radius 2 is 1.64 bits per heavy atom. The van der Waals surface area contributed by atoms with Gasteiger partial charge in [0, 0.05) is 17.4 Å². The molecule has 0 fully saturated rings. The molecule has 0 atom stereocenters. The first kappa shape index (κ1) is 15.1. The maximum absolute atomic E-state index is 13.1. The minimum absolute atomic E-state index is 0.0582. The number of pyridine rings is 1. The number of rotatable bonds is 4. The highest BCUT2D eigenvalue weighted by molar-refractivity contribution is 6.11. The van der Waals surface area contributed by atoms with Gasteiger partial charge in [0.2, 0.25) is 5.78 Å². The van der Waals surface area contributed by atoms with Gasteiger partial charge in [0.15, 0.2) is 5.82 Å². The molecule has 0 radical (unpaired) electrons. The standard InChI is InChI=1S/C21H17N3O/c1-15-10-12-16(13-11-15)20(25)19-21(22-17-7-3-2-4-8-17)23-18-9-5-6-14-24(18)19/h2-14,22H,1H3. The van der Waals surface area contributed by atoms with E-state index in [2.05, 4.69) is 10.3 Å². The minimum Gasteiger partial charge on any atom is -0.338 e. The number of fused-ring (bicyclic) bond motifs is 1. The fourth-order valence-corrected chi connectivity index (χ4v) is 2.80. The summed E-state index contributed by atoms with van der Waals surface area (Å²) >= 11 is 0. The number of benzene rings is 2. The zero-order chi connectivity index (χ0) is 17.2. The highest BCUT2D eigenvalue weighted by Gasteiger charge is 2.20. The van der Waals surface area contributed by atoms with Crippen LogP contribution in [0.2, 0.25) is 0 Å². The maximum Gasteiger partial charge on any atom is 0.213 e. The lowest BCUT2D eigenvalue weighted by atomic mass is 10.1. The molecule has 0 aliphatic heterocycles. The molecule has 0 saturated heterocycles. The smallest absolute Gasteiger partial charge is 0.213 e. The number of anilines is 2. The lowest BCUT2D eigenvalue weighted by Gasteiger charge is -2.07. The maximum atomic E-state index is 13.1. The molecule has 1 N–H and O–H groups in total. The van der Waals surface area contributed by atoms with E-state index in [1.54, 1.807) is 0 Å². The van der Waals surface area contributed by atoms with Crippen LogP contribution in [0.3, 0.4) is 0 Å². The lowest BCUT2D eigenvalue weighted by molar-refractivity contribution is 0.103. The second-order valence-corrected chi connectivity index (χ2v) is 5.92. The first-order valence-corrected chi connectivity index (χ1v) is 8.13. The Morgan fingerprint density at radius 3 is 2.40 bits per heavy atom. The van der Waals surface area contributed by atoms with E-state index in [1.807, 2.05) is 90.3 Å². The summed E-state index contributed by atoms with van der Waals surface area (Å²) in [5.41, 5.74) is 3.92. The fourth-order valence-electron chi connectivity index (χ4n) is 2.80. The summed E-state index contributed by atoms with van der Waals surface area (Å²) in [5.74, 6) is 0.500. The number of imidazole rings is 1. The van der Waals surface area contributed by atoms with Crippen LogP contribution in [0, 0.1) is 6.92 Å². The summed E-state index contributed by atoms with van der Waals surface area (Å²) in [6, 6.07) is 23.0. The number of hydrogen-bond acceptors (Lipinski definition) is 3. The van der Waals surface area contributed by atoms with Crippen LogP contribution < -0.4 is 5.32 Å².